The maximum atomic E-state index is 12.6. The smallest absolute Gasteiger partial charge is 0.348 e. The second-order valence-corrected chi connectivity index (χ2v) is 6.80. The zero-order valence-corrected chi connectivity index (χ0v) is 15.2. The van der Waals surface area contributed by atoms with Crippen molar-refractivity contribution in [1.29, 1.82) is 0 Å². The predicted octanol–water partition coefficient (Wildman–Crippen LogP) is 3.56. The number of hydrogen-bond acceptors (Lipinski definition) is 3. The molecular formula is C18H17ClF3N3O2. The topological polar surface area (TPSA) is 74.8 Å². The van der Waals surface area contributed by atoms with Gasteiger partial charge in [-0.25, -0.2) is 4.98 Å². The molecule has 1 amide bonds. The lowest BCUT2D eigenvalue weighted by Crippen LogP contribution is -2.30. The van der Waals surface area contributed by atoms with Crippen molar-refractivity contribution in [2.75, 3.05) is 0 Å². The molecule has 2 aromatic rings. The molecule has 27 heavy (non-hydrogen) atoms. The SMILES string of the molecule is Cc1c2c([nH]c(=O)c1CNC(=O)c1ccc(C(F)(F)F)nc1Cl)CCCC2. The molecule has 0 fully saturated rings. The van der Waals surface area contributed by atoms with E-state index in [2.05, 4.69) is 15.3 Å². The first-order chi connectivity index (χ1) is 12.7. The number of H-pyrrole nitrogens is 1. The van der Waals surface area contributed by atoms with Gasteiger partial charge in [-0.1, -0.05) is 11.6 Å². The summed E-state index contributed by atoms with van der Waals surface area (Å²) in [5.74, 6) is -0.697. The molecule has 0 saturated carbocycles. The minimum Gasteiger partial charge on any atom is -0.348 e. The number of aryl methyl sites for hydroxylation is 1. The average Bonchev–Trinajstić information content (AvgIpc) is 2.60. The second kappa shape index (κ2) is 7.34. The number of nitrogens with one attached hydrogen (secondary N) is 2. The maximum absolute atomic E-state index is 12.6. The van der Waals surface area contributed by atoms with E-state index in [1.165, 1.54) is 0 Å². The Labute approximate surface area is 158 Å². The van der Waals surface area contributed by atoms with E-state index in [1.807, 2.05) is 6.92 Å². The van der Waals surface area contributed by atoms with Crippen molar-refractivity contribution in [3.05, 3.63) is 61.3 Å². The molecule has 0 aliphatic heterocycles. The Morgan fingerprint density at radius 2 is 2.00 bits per heavy atom. The number of fused-ring (bicyclic) bond motifs is 1. The van der Waals surface area contributed by atoms with E-state index in [1.54, 1.807) is 0 Å². The van der Waals surface area contributed by atoms with Crippen LogP contribution in [0.1, 0.15) is 51.3 Å². The Bertz CT molecular complexity index is 954. The molecular weight excluding hydrogens is 383 g/mol. The van der Waals surface area contributed by atoms with E-state index in [4.69, 9.17) is 11.6 Å². The molecule has 0 spiro atoms. The van der Waals surface area contributed by atoms with Crippen LogP contribution in [0.4, 0.5) is 13.2 Å². The van der Waals surface area contributed by atoms with Crippen LogP contribution in [0.3, 0.4) is 0 Å². The number of rotatable bonds is 3. The van der Waals surface area contributed by atoms with Gasteiger partial charge in [0, 0.05) is 17.8 Å². The van der Waals surface area contributed by atoms with Crippen molar-refractivity contribution < 1.29 is 18.0 Å². The van der Waals surface area contributed by atoms with Crippen LogP contribution in [0.15, 0.2) is 16.9 Å². The number of carbonyl (C=O) groups excluding carboxylic acids is 1. The van der Waals surface area contributed by atoms with E-state index in [0.29, 0.717) is 11.6 Å². The van der Waals surface area contributed by atoms with E-state index >= 15 is 0 Å². The molecule has 0 bridgehead atoms. The number of carbonyl (C=O) groups is 1. The Kier molecular flexibility index (Phi) is 5.28. The van der Waals surface area contributed by atoms with Gasteiger partial charge >= 0.3 is 6.18 Å². The molecule has 2 aromatic heterocycles. The number of pyridine rings is 2. The molecule has 0 unspecified atom stereocenters. The summed E-state index contributed by atoms with van der Waals surface area (Å²) in [5, 5.41) is 1.99. The van der Waals surface area contributed by atoms with Gasteiger partial charge in [0.15, 0.2) is 0 Å². The Hall–Kier alpha value is -2.35. The Morgan fingerprint density at radius 3 is 2.67 bits per heavy atom. The zero-order valence-electron chi connectivity index (χ0n) is 14.5. The number of aromatic amines is 1. The predicted molar refractivity (Wildman–Crippen MR) is 93.9 cm³/mol. The average molecular weight is 400 g/mol. The Balaban J connectivity index is 1.80. The first kappa shape index (κ1) is 19.4. The third-order valence-electron chi connectivity index (χ3n) is 4.72. The molecule has 0 radical (unpaired) electrons. The van der Waals surface area contributed by atoms with Crippen LogP contribution >= 0.6 is 11.6 Å². The van der Waals surface area contributed by atoms with E-state index in [9.17, 15) is 22.8 Å². The van der Waals surface area contributed by atoms with Gasteiger partial charge in [-0.3, -0.25) is 9.59 Å². The van der Waals surface area contributed by atoms with Crippen LogP contribution in [0.2, 0.25) is 5.15 Å². The van der Waals surface area contributed by atoms with E-state index in [-0.39, 0.29) is 17.7 Å². The highest BCUT2D eigenvalue weighted by Gasteiger charge is 2.33. The number of amides is 1. The fraction of sp³-hybridized carbons (Fsp3) is 0.389. The lowest BCUT2D eigenvalue weighted by Gasteiger charge is -2.20. The summed E-state index contributed by atoms with van der Waals surface area (Å²) in [4.78, 5) is 30.7. The molecule has 1 aliphatic rings. The molecule has 0 atom stereocenters. The van der Waals surface area contributed by atoms with Crippen molar-refractivity contribution >= 4 is 17.5 Å². The number of hydrogen-bond donors (Lipinski definition) is 2. The first-order valence-corrected chi connectivity index (χ1v) is 8.81. The van der Waals surface area contributed by atoms with Gasteiger partial charge in [0.2, 0.25) is 0 Å². The number of nitrogens with zero attached hydrogens (tertiary/aromatic N) is 1. The summed E-state index contributed by atoms with van der Waals surface area (Å²) in [7, 11) is 0. The van der Waals surface area contributed by atoms with Gasteiger partial charge in [0.25, 0.3) is 11.5 Å². The van der Waals surface area contributed by atoms with Crippen LogP contribution < -0.4 is 10.9 Å². The van der Waals surface area contributed by atoms with Crippen LogP contribution in [-0.4, -0.2) is 15.9 Å². The molecule has 5 nitrogen and oxygen atoms in total. The summed E-state index contributed by atoms with van der Waals surface area (Å²) < 4.78 is 37.9. The molecule has 9 heteroatoms. The van der Waals surface area contributed by atoms with Crippen molar-refractivity contribution in [2.45, 2.75) is 45.3 Å². The summed E-state index contributed by atoms with van der Waals surface area (Å²) in [6.07, 6.45) is -0.888. The van der Waals surface area contributed by atoms with E-state index in [0.717, 1.165) is 48.6 Å². The van der Waals surface area contributed by atoms with Crippen LogP contribution in [-0.2, 0) is 25.6 Å². The maximum Gasteiger partial charge on any atom is 0.433 e. The highest BCUT2D eigenvalue weighted by Crippen LogP contribution is 2.29. The fourth-order valence-corrected chi connectivity index (χ4v) is 3.50. The van der Waals surface area contributed by atoms with Crippen LogP contribution in [0, 0.1) is 6.92 Å². The lowest BCUT2D eigenvalue weighted by atomic mass is 9.90. The molecule has 1 aliphatic carbocycles. The minimum absolute atomic E-state index is 0.0510. The van der Waals surface area contributed by atoms with Crippen molar-refractivity contribution in [1.82, 2.24) is 15.3 Å². The highest BCUT2D eigenvalue weighted by molar-refractivity contribution is 6.32. The van der Waals surface area contributed by atoms with Gasteiger partial charge in [-0.2, -0.15) is 13.2 Å². The fourth-order valence-electron chi connectivity index (χ4n) is 3.26. The summed E-state index contributed by atoms with van der Waals surface area (Å²) in [6, 6.07) is 1.66. The number of alkyl halides is 3. The standard InChI is InChI=1S/C18H17ClF3N3O2/c1-9-10-4-2-3-5-13(10)24-17(27)12(9)8-23-16(26)11-6-7-14(18(20,21)22)25-15(11)19/h6-7H,2-5,8H2,1H3,(H,23,26)(H,24,27). The largest absolute Gasteiger partial charge is 0.433 e. The van der Waals surface area contributed by atoms with Crippen molar-refractivity contribution in [3.8, 4) is 0 Å². The number of aromatic nitrogens is 2. The lowest BCUT2D eigenvalue weighted by molar-refractivity contribution is -0.141. The molecule has 3 rings (SSSR count). The quantitative estimate of drug-likeness (QED) is 0.775. The molecule has 144 valence electrons. The van der Waals surface area contributed by atoms with E-state index < -0.39 is 22.9 Å². The molecule has 2 N–H and O–H groups in total. The number of halogens is 4. The van der Waals surface area contributed by atoms with Crippen molar-refractivity contribution in [2.24, 2.45) is 0 Å². The normalized spacial score (nSPS) is 14.0. The monoisotopic (exact) mass is 399 g/mol. The van der Waals surface area contributed by atoms with Crippen LogP contribution in [0.25, 0.3) is 0 Å². The summed E-state index contributed by atoms with van der Waals surface area (Å²) >= 11 is 5.73. The summed E-state index contributed by atoms with van der Waals surface area (Å²) in [6.45, 7) is 1.79. The van der Waals surface area contributed by atoms with Gasteiger partial charge in [-0.15, -0.1) is 0 Å². The van der Waals surface area contributed by atoms with Crippen LogP contribution in [0.5, 0.6) is 0 Å². The minimum atomic E-state index is -4.65. The third kappa shape index (κ3) is 4.00. The van der Waals surface area contributed by atoms with Gasteiger partial charge in [0.05, 0.1) is 5.56 Å². The Morgan fingerprint density at radius 1 is 1.30 bits per heavy atom. The second-order valence-electron chi connectivity index (χ2n) is 6.44. The summed E-state index contributed by atoms with van der Waals surface area (Å²) in [5.41, 5.74) is 1.67. The molecule has 0 aromatic carbocycles. The van der Waals surface area contributed by atoms with Gasteiger partial charge in [-0.05, 0) is 55.9 Å². The highest BCUT2D eigenvalue weighted by atomic mass is 35.5. The molecule has 0 saturated heterocycles. The first-order valence-electron chi connectivity index (χ1n) is 8.44. The van der Waals surface area contributed by atoms with Gasteiger partial charge in [0.1, 0.15) is 10.8 Å². The van der Waals surface area contributed by atoms with Crippen molar-refractivity contribution in [3.63, 3.8) is 0 Å². The zero-order chi connectivity index (χ0) is 19.8. The molecule has 2 heterocycles. The van der Waals surface area contributed by atoms with Gasteiger partial charge < -0.3 is 10.3 Å². The third-order valence-corrected chi connectivity index (χ3v) is 5.01.